The lowest BCUT2D eigenvalue weighted by molar-refractivity contribution is 0.537. The van der Waals surface area contributed by atoms with Gasteiger partial charge in [-0.3, -0.25) is 4.21 Å². The molecule has 0 aromatic heterocycles. The number of hydrogen-bond acceptors (Lipinski definition) is 2. The van der Waals surface area contributed by atoms with E-state index in [1.807, 2.05) is 36.4 Å². The minimum Gasteiger partial charge on any atom is -0.768 e. The second kappa shape index (κ2) is 4.38. The summed E-state index contributed by atoms with van der Waals surface area (Å²) in [6, 6.07) is 16.6. The molecule has 3 heteroatoms. The van der Waals surface area contributed by atoms with E-state index in [-0.39, 0.29) is 0 Å². The summed E-state index contributed by atoms with van der Waals surface area (Å²) in [5, 5.41) is 0. The Morgan fingerprint density at radius 2 is 1.53 bits per heavy atom. The molecule has 0 bridgehead atoms. The van der Waals surface area contributed by atoms with E-state index in [1.54, 1.807) is 18.2 Å². The molecule has 0 aliphatic carbocycles. The van der Waals surface area contributed by atoms with Crippen molar-refractivity contribution < 1.29 is 8.76 Å². The maximum absolute atomic E-state index is 10.8. The molecule has 0 aliphatic rings. The van der Waals surface area contributed by atoms with Crippen LogP contribution < -0.4 is 0 Å². The van der Waals surface area contributed by atoms with E-state index in [9.17, 15) is 8.76 Å². The molecule has 0 spiro atoms. The highest BCUT2D eigenvalue weighted by Gasteiger charge is 1.98. The second-order valence-electron chi connectivity index (χ2n) is 3.13. The van der Waals surface area contributed by atoms with Gasteiger partial charge in [0.2, 0.25) is 0 Å². The summed E-state index contributed by atoms with van der Waals surface area (Å²) < 4.78 is 21.6. The van der Waals surface area contributed by atoms with Crippen molar-refractivity contribution in [3.05, 3.63) is 54.6 Å². The fourth-order valence-corrected chi connectivity index (χ4v) is 1.82. The zero-order valence-corrected chi connectivity index (χ0v) is 8.74. The summed E-state index contributed by atoms with van der Waals surface area (Å²) in [5.41, 5.74) is 1.93. The molecule has 0 aliphatic heterocycles. The summed E-state index contributed by atoms with van der Waals surface area (Å²) in [7, 11) is 0. The highest BCUT2D eigenvalue weighted by molar-refractivity contribution is 7.79. The topological polar surface area (TPSA) is 40.1 Å². The van der Waals surface area contributed by atoms with Gasteiger partial charge in [0.05, 0.1) is 0 Å². The lowest BCUT2D eigenvalue weighted by Crippen LogP contribution is -1.88. The Morgan fingerprint density at radius 3 is 2.20 bits per heavy atom. The predicted octanol–water partition coefficient (Wildman–Crippen LogP) is 2.59. The van der Waals surface area contributed by atoms with Crippen LogP contribution in [0.4, 0.5) is 0 Å². The molecule has 0 fully saturated rings. The summed E-state index contributed by atoms with van der Waals surface area (Å²) in [6.07, 6.45) is 0. The summed E-state index contributed by atoms with van der Waals surface area (Å²) >= 11 is -2.16. The van der Waals surface area contributed by atoms with E-state index in [0.29, 0.717) is 4.90 Å². The van der Waals surface area contributed by atoms with Gasteiger partial charge in [-0.25, -0.2) is 0 Å². The molecule has 0 saturated carbocycles. The first-order valence-corrected chi connectivity index (χ1v) is 5.59. The van der Waals surface area contributed by atoms with E-state index in [4.69, 9.17) is 0 Å². The van der Waals surface area contributed by atoms with Gasteiger partial charge in [-0.1, -0.05) is 42.5 Å². The summed E-state index contributed by atoms with van der Waals surface area (Å²) in [6.45, 7) is 0. The third-order valence-corrected chi connectivity index (χ3v) is 2.77. The molecule has 2 aromatic carbocycles. The maximum Gasteiger partial charge on any atom is 0.0254 e. The van der Waals surface area contributed by atoms with Crippen molar-refractivity contribution in [3.63, 3.8) is 0 Å². The first kappa shape index (κ1) is 10.1. The van der Waals surface area contributed by atoms with E-state index in [0.717, 1.165) is 11.1 Å². The third-order valence-electron chi connectivity index (χ3n) is 2.13. The summed E-state index contributed by atoms with van der Waals surface area (Å²) in [5.74, 6) is 0. The number of benzene rings is 2. The molecular weight excluding hydrogens is 208 g/mol. The lowest BCUT2D eigenvalue weighted by Gasteiger charge is -2.07. The van der Waals surface area contributed by atoms with Gasteiger partial charge in [0.15, 0.2) is 0 Å². The Hall–Kier alpha value is -1.45. The van der Waals surface area contributed by atoms with Crippen molar-refractivity contribution in [2.75, 3.05) is 0 Å². The third kappa shape index (κ3) is 2.32. The average Bonchev–Trinajstić information content (AvgIpc) is 2.30. The van der Waals surface area contributed by atoms with Crippen LogP contribution in [0.2, 0.25) is 0 Å². The van der Waals surface area contributed by atoms with Crippen molar-refractivity contribution in [1.29, 1.82) is 0 Å². The van der Waals surface area contributed by atoms with Crippen molar-refractivity contribution in [1.82, 2.24) is 0 Å². The Morgan fingerprint density at radius 1 is 0.867 bits per heavy atom. The van der Waals surface area contributed by atoms with Gasteiger partial charge in [0, 0.05) is 4.90 Å². The molecular formula is C12H9O2S-. The van der Waals surface area contributed by atoms with Crippen LogP contribution in [0.1, 0.15) is 0 Å². The van der Waals surface area contributed by atoms with E-state index < -0.39 is 11.1 Å². The van der Waals surface area contributed by atoms with E-state index in [2.05, 4.69) is 0 Å². The molecule has 2 aromatic rings. The minimum absolute atomic E-state index is 0.316. The van der Waals surface area contributed by atoms with E-state index in [1.165, 1.54) is 0 Å². The first-order chi connectivity index (χ1) is 7.27. The standard InChI is InChI=1S/C12H10O2S/c13-15(14)12-8-4-7-11(9-12)10-5-2-1-3-6-10/h1-9H,(H,13,14)/p-1. The van der Waals surface area contributed by atoms with Crippen LogP contribution in [0, 0.1) is 0 Å². The molecule has 0 saturated heterocycles. The average molecular weight is 217 g/mol. The van der Waals surface area contributed by atoms with Crippen molar-refractivity contribution in [2.24, 2.45) is 0 Å². The van der Waals surface area contributed by atoms with Gasteiger partial charge >= 0.3 is 0 Å². The van der Waals surface area contributed by atoms with Gasteiger partial charge in [0.1, 0.15) is 0 Å². The van der Waals surface area contributed by atoms with Crippen LogP contribution in [0.3, 0.4) is 0 Å². The zero-order chi connectivity index (χ0) is 10.7. The van der Waals surface area contributed by atoms with Crippen molar-refractivity contribution in [2.45, 2.75) is 4.90 Å². The Balaban J connectivity index is 2.46. The number of rotatable bonds is 2. The number of hydrogen-bond donors (Lipinski definition) is 0. The van der Waals surface area contributed by atoms with Gasteiger partial charge < -0.3 is 4.55 Å². The molecule has 15 heavy (non-hydrogen) atoms. The molecule has 0 heterocycles. The normalized spacial score (nSPS) is 12.3. The van der Waals surface area contributed by atoms with Gasteiger partial charge in [-0.2, -0.15) is 0 Å². The predicted molar refractivity (Wildman–Crippen MR) is 59.1 cm³/mol. The minimum atomic E-state index is -2.16. The smallest absolute Gasteiger partial charge is 0.0254 e. The van der Waals surface area contributed by atoms with Crippen LogP contribution in [0.5, 0.6) is 0 Å². The SMILES string of the molecule is O=S([O-])c1cccc(-c2ccccc2)c1. The molecule has 0 radical (unpaired) electrons. The molecule has 1 atom stereocenters. The monoisotopic (exact) mass is 217 g/mol. The lowest BCUT2D eigenvalue weighted by atomic mass is 10.1. The zero-order valence-electron chi connectivity index (χ0n) is 7.92. The highest BCUT2D eigenvalue weighted by atomic mass is 32.2. The van der Waals surface area contributed by atoms with Crippen LogP contribution in [0.25, 0.3) is 11.1 Å². The second-order valence-corrected chi connectivity index (χ2v) is 4.07. The molecule has 76 valence electrons. The Kier molecular flexibility index (Phi) is 2.94. The molecule has 0 amide bonds. The largest absolute Gasteiger partial charge is 0.768 e. The van der Waals surface area contributed by atoms with Crippen LogP contribution in [-0.4, -0.2) is 8.76 Å². The molecule has 2 nitrogen and oxygen atoms in total. The van der Waals surface area contributed by atoms with Gasteiger partial charge in [-0.05, 0) is 34.3 Å². The molecule has 0 N–H and O–H groups in total. The van der Waals surface area contributed by atoms with Crippen molar-refractivity contribution in [3.8, 4) is 11.1 Å². The van der Waals surface area contributed by atoms with Crippen molar-refractivity contribution >= 4 is 11.1 Å². The summed E-state index contributed by atoms with van der Waals surface area (Å²) in [4.78, 5) is 0.316. The fourth-order valence-electron chi connectivity index (χ4n) is 1.41. The Labute approximate surface area is 90.9 Å². The first-order valence-electron chi connectivity index (χ1n) is 4.52. The van der Waals surface area contributed by atoms with Crippen LogP contribution >= 0.6 is 0 Å². The Bertz CT molecular complexity index is 480. The van der Waals surface area contributed by atoms with Crippen LogP contribution in [0.15, 0.2) is 59.5 Å². The molecule has 2 rings (SSSR count). The van der Waals surface area contributed by atoms with E-state index >= 15 is 0 Å². The van der Waals surface area contributed by atoms with Gasteiger partial charge in [-0.15, -0.1) is 0 Å². The van der Waals surface area contributed by atoms with Crippen LogP contribution in [-0.2, 0) is 11.1 Å². The highest BCUT2D eigenvalue weighted by Crippen LogP contribution is 2.20. The maximum atomic E-state index is 10.8. The fraction of sp³-hybridized carbons (Fsp3) is 0. The van der Waals surface area contributed by atoms with Gasteiger partial charge in [0.25, 0.3) is 0 Å². The molecule has 1 unspecified atom stereocenters. The quantitative estimate of drug-likeness (QED) is 0.725.